The molecule has 106 valence electrons. The van der Waals surface area contributed by atoms with E-state index in [0.29, 0.717) is 17.7 Å². The van der Waals surface area contributed by atoms with Crippen LogP contribution in [0.3, 0.4) is 0 Å². The number of amides is 1. The molecule has 1 aromatic carbocycles. The molecular formula is C13H13ClFN3OS. The number of hydrogen-bond donors (Lipinski definition) is 1. The van der Waals surface area contributed by atoms with Gasteiger partial charge in [0.25, 0.3) is 0 Å². The highest BCUT2D eigenvalue weighted by atomic mass is 35.5. The summed E-state index contributed by atoms with van der Waals surface area (Å²) in [7, 11) is 0. The number of rotatable bonds is 1. The monoisotopic (exact) mass is 313 g/mol. The van der Waals surface area contributed by atoms with Gasteiger partial charge in [-0.1, -0.05) is 12.1 Å². The normalized spacial score (nSPS) is 31.6. The van der Waals surface area contributed by atoms with Gasteiger partial charge in [-0.3, -0.25) is 4.79 Å². The zero-order valence-corrected chi connectivity index (χ0v) is 12.1. The standard InChI is InChI=1S/C13H12FN3OS.ClH/c14-9-3-1-8(2-4-9)13(16)5-11-17(12(13)18)10(6-15)7-19-11;/h1-4,10-11H,5,7,16H2;1H/t10-,11+,13+;/m1./s1. The van der Waals surface area contributed by atoms with Crippen LogP contribution >= 0.6 is 24.2 Å². The van der Waals surface area contributed by atoms with Crippen molar-refractivity contribution in [2.75, 3.05) is 5.75 Å². The summed E-state index contributed by atoms with van der Waals surface area (Å²) in [6.07, 6.45) is 0.459. The first-order valence-corrected chi connectivity index (χ1v) is 7.00. The third-order valence-electron chi connectivity index (χ3n) is 3.71. The minimum atomic E-state index is -1.14. The van der Waals surface area contributed by atoms with Gasteiger partial charge in [0.1, 0.15) is 17.4 Å². The molecule has 1 amide bonds. The molecule has 2 heterocycles. The first-order valence-electron chi connectivity index (χ1n) is 5.95. The van der Waals surface area contributed by atoms with E-state index >= 15 is 0 Å². The second kappa shape index (κ2) is 5.24. The number of carbonyl (C=O) groups excluding carboxylic acids is 1. The molecule has 2 aliphatic heterocycles. The minimum Gasteiger partial charge on any atom is -0.314 e. The first kappa shape index (κ1) is 15.1. The zero-order valence-electron chi connectivity index (χ0n) is 10.5. The number of halogens is 2. The predicted molar refractivity (Wildman–Crippen MR) is 76.6 cm³/mol. The van der Waals surface area contributed by atoms with Crippen molar-refractivity contribution in [2.45, 2.75) is 23.4 Å². The second-order valence-electron chi connectivity index (χ2n) is 4.83. The molecule has 3 rings (SSSR count). The fraction of sp³-hybridized carbons (Fsp3) is 0.385. The van der Waals surface area contributed by atoms with E-state index < -0.39 is 11.6 Å². The molecule has 0 aromatic heterocycles. The number of nitrogens with two attached hydrogens (primary N) is 1. The maximum atomic E-state index is 13.0. The smallest absolute Gasteiger partial charge is 0.249 e. The van der Waals surface area contributed by atoms with Crippen LogP contribution in [0.5, 0.6) is 0 Å². The van der Waals surface area contributed by atoms with Crippen molar-refractivity contribution in [2.24, 2.45) is 5.73 Å². The van der Waals surface area contributed by atoms with Crippen molar-refractivity contribution >= 4 is 30.1 Å². The molecule has 20 heavy (non-hydrogen) atoms. The van der Waals surface area contributed by atoms with E-state index in [4.69, 9.17) is 11.0 Å². The summed E-state index contributed by atoms with van der Waals surface area (Å²) in [5.74, 6) is 0.0371. The average Bonchev–Trinajstić information content (AvgIpc) is 2.90. The van der Waals surface area contributed by atoms with Crippen molar-refractivity contribution in [3.8, 4) is 6.07 Å². The molecule has 2 aliphatic rings. The lowest BCUT2D eigenvalue weighted by Crippen LogP contribution is -2.47. The molecule has 7 heteroatoms. The fourth-order valence-corrected chi connectivity index (χ4v) is 4.10. The molecular weight excluding hydrogens is 301 g/mol. The summed E-state index contributed by atoms with van der Waals surface area (Å²) in [4.78, 5) is 14.1. The topological polar surface area (TPSA) is 70.1 Å². The van der Waals surface area contributed by atoms with Crippen molar-refractivity contribution in [1.29, 1.82) is 5.26 Å². The number of carbonyl (C=O) groups is 1. The quantitative estimate of drug-likeness (QED) is 0.855. The van der Waals surface area contributed by atoms with Crippen LogP contribution in [0.1, 0.15) is 12.0 Å². The number of thioether (sulfide) groups is 1. The Kier molecular flexibility index (Phi) is 3.96. The van der Waals surface area contributed by atoms with E-state index in [9.17, 15) is 9.18 Å². The van der Waals surface area contributed by atoms with Crippen LogP contribution in [-0.2, 0) is 10.3 Å². The summed E-state index contributed by atoms with van der Waals surface area (Å²) in [5.41, 5.74) is 5.71. The first-order chi connectivity index (χ1) is 9.06. The number of nitriles is 1. The summed E-state index contributed by atoms with van der Waals surface area (Å²) >= 11 is 1.58. The Morgan fingerprint density at radius 1 is 1.45 bits per heavy atom. The molecule has 2 fully saturated rings. The summed E-state index contributed by atoms with van der Waals surface area (Å²) in [5, 5.41) is 9.01. The van der Waals surface area contributed by atoms with Crippen LogP contribution in [0.4, 0.5) is 4.39 Å². The summed E-state index contributed by atoms with van der Waals surface area (Å²) in [6.45, 7) is 0. The number of fused-ring (bicyclic) bond motifs is 1. The van der Waals surface area contributed by atoms with E-state index in [1.54, 1.807) is 28.8 Å². The molecule has 0 radical (unpaired) electrons. The lowest BCUT2D eigenvalue weighted by Gasteiger charge is -2.24. The van der Waals surface area contributed by atoms with Crippen molar-refractivity contribution in [3.05, 3.63) is 35.6 Å². The molecule has 4 nitrogen and oxygen atoms in total. The zero-order chi connectivity index (χ0) is 13.6. The van der Waals surface area contributed by atoms with Gasteiger partial charge in [0.15, 0.2) is 0 Å². The number of nitrogens with zero attached hydrogens (tertiary/aromatic N) is 2. The van der Waals surface area contributed by atoms with Gasteiger partial charge < -0.3 is 10.6 Å². The van der Waals surface area contributed by atoms with Crippen LogP contribution in [0.15, 0.2) is 24.3 Å². The Labute approximate surface area is 126 Å². The van der Waals surface area contributed by atoms with Gasteiger partial charge in [0, 0.05) is 12.2 Å². The Hall–Kier alpha value is -1.29. The van der Waals surface area contributed by atoms with E-state index in [1.807, 2.05) is 0 Å². The van der Waals surface area contributed by atoms with Crippen LogP contribution in [0.2, 0.25) is 0 Å². The highest BCUT2D eigenvalue weighted by molar-refractivity contribution is 8.00. The third-order valence-corrected chi connectivity index (χ3v) is 5.00. The molecule has 3 atom stereocenters. The largest absolute Gasteiger partial charge is 0.314 e. The van der Waals surface area contributed by atoms with Crippen molar-refractivity contribution < 1.29 is 9.18 Å². The molecule has 2 N–H and O–H groups in total. The Morgan fingerprint density at radius 2 is 2.10 bits per heavy atom. The molecule has 0 aliphatic carbocycles. The Bertz CT molecular complexity index is 576. The molecule has 0 spiro atoms. The van der Waals surface area contributed by atoms with Gasteiger partial charge in [-0.05, 0) is 17.7 Å². The summed E-state index contributed by atoms with van der Waals surface area (Å²) in [6, 6.07) is 7.41. The predicted octanol–water partition coefficient (Wildman–Crippen LogP) is 1.60. The average molecular weight is 314 g/mol. The van der Waals surface area contributed by atoms with Crippen LogP contribution in [-0.4, -0.2) is 28.0 Å². The van der Waals surface area contributed by atoms with E-state index in [-0.39, 0.29) is 29.5 Å². The van der Waals surface area contributed by atoms with Gasteiger partial charge in [-0.15, -0.1) is 24.2 Å². The molecule has 0 unspecified atom stereocenters. The SMILES string of the molecule is Cl.N#C[C@@H]1CS[C@H]2C[C@](N)(c3ccc(F)cc3)C(=O)N12. The van der Waals surface area contributed by atoms with E-state index in [1.165, 1.54) is 12.1 Å². The molecule has 0 bridgehead atoms. The lowest BCUT2D eigenvalue weighted by molar-refractivity contribution is -0.133. The third kappa shape index (κ3) is 2.06. The Morgan fingerprint density at radius 3 is 2.70 bits per heavy atom. The number of benzene rings is 1. The molecule has 0 saturated carbocycles. The second-order valence-corrected chi connectivity index (χ2v) is 6.04. The molecule has 1 aromatic rings. The van der Waals surface area contributed by atoms with Crippen molar-refractivity contribution in [3.63, 3.8) is 0 Å². The maximum absolute atomic E-state index is 13.0. The van der Waals surface area contributed by atoms with Crippen LogP contribution < -0.4 is 5.73 Å². The molecule has 2 saturated heterocycles. The van der Waals surface area contributed by atoms with Gasteiger partial charge in [-0.2, -0.15) is 5.26 Å². The lowest BCUT2D eigenvalue weighted by atomic mass is 9.89. The number of hydrogen-bond acceptors (Lipinski definition) is 4. The Balaban J connectivity index is 0.00000147. The highest BCUT2D eigenvalue weighted by Crippen LogP contribution is 2.44. The van der Waals surface area contributed by atoms with Crippen molar-refractivity contribution in [1.82, 2.24) is 4.90 Å². The maximum Gasteiger partial charge on any atom is 0.249 e. The van der Waals surface area contributed by atoms with Gasteiger partial charge in [0.2, 0.25) is 5.91 Å². The summed E-state index contributed by atoms with van der Waals surface area (Å²) < 4.78 is 13.0. The van der Waals surface area contributed by atoms with E-state index in [0.717, 1.165) is 0 Å². The van der Waals surface area contributed by atoms with Gasteiger partial charge >= 0.3 is 0 Å². The van der Waals surface area contributed by atoms with Crippen LogP contribution in [0.25, 0.3) is 0 Å². The fourth-order valence-electron chi connectivity index (χ4n) is 2.67. The van der Waals surface area contributed by atoms with Crippen LogP contribution in [0, 0.1) is 17.1 Å². The van der Waals surface area contributed by atoms with E-state index in [2.05, 4.69) is 6.07 Å². The van der Waals surface area contributed by atoms with Gasteiger partial charge in [0.05, 0.1) is 11.4 Å². The highest BCUT2D eigenvalue weighted by Gasteiger charge is 2.55. The minimum absolute atomic E-state index is 0. The van der Waals surface area contributed by atoms with Gasteiger partial charge in [-0.25, -0.2) is 4.39 Å².